The number of nitrogens with zero attached hydrogens (tertiary/aromatic N) is 1. The molecule has 1 unspecified atom stereocenters. The van der Waals surface area contributed by atoms with Crippen LogP contribution in [0.2, 0.25) is 0 Å². The van der Waals surface area contributed by atoms with Gasteiger partial charge >= 0.3 is 0 Å². The van der Waals surface area contributed by atoms with Crippen LogP contribution in [0.25, 0.3) is 0 Å². The highest BCUT2D eigenvalue weighted by Gasteiger charge is 2.27. The van der Waals surface area contributed by atoms with Crippen LogP contribution in [-0.4, -0.2) is 36.5 Å². The molecule has 1 atom stereocenters. The van der Waals surface area contributed by atoms with Crippen molar-refractivity contribution in [2.75, 3.05) is 5.75 Å². The van der Waals surface area contributed by atoms with Gasteiger partial charge in [-0.2, -0.15) is 16.8 Å². The fourth-order valence-corrected chi connectivity index (χ4v) is 2.34. The van der Waals surface area contributed by atoms with Crippen LogP contribution in [-0.2, 0) is 20.3 Å². The lowest BCUT2D eigenvalue weighted by Gasteiger charge is -2.14. The lowest BCUT2D eigenvalue weighted by Crippen LogP contribution is -2.38. The molecule has 0 aromatic heterocycles. The predicted molar refractivity (Wildman–Crippen MR) is 46.9 cm³/mol. The number of nitrogens with two attached hydrogens (primary N) is 1. The molecule has 0 aliphatic heterocycles. The van der Waals surface area contributed by atoms with Gasteiger partial charge in [0.1, 0.15) is 11.3 Å². The summed E-state index contributed by atoms with van der Waals surface area (Å²) in [5, 5.41) is 4.50. The quantitative estimate of drug-likeness (QED) is 0.298. The Kier molecular flexibility index (Phi) is 4.37. The van der Waals surface area contributed by atoms with E-state index in [1.165, 1.54) is 0 Å². The minimum atomic E-state index is -4.41. The van der Waals surface area contributed by atoms with Crippen molar-refractivity contribution in [3.8, 4) is 0 Å². The number of alkyl halides is 1. The standard InChI is InChI=1S/C2H6Cl2N2O5S2/c3-2(1-12(7,8)9)6(4)13(5,10)11/h2H,1H2,(H2,5,10,11)(H,7,8,9). The van der Waals surface area contributed by atoms with E-state index >= 15 is 0 Å². The Balaban J connectivity index is 4.56. The average molecular weight is 273 g/mol. The fourth-order valence-electron chi connectivity index (χ4n) is 0.392. The molecule has 0 saturated carbocycles. The van der Waals surface area contributed by atoms with Gasteiger partial charge in [-0.05, 0) is 11.8 Å². The number of rotatable bonds is 4. The van der Waals surface area contributed by atoms with Gasteiger partial charge < -0.3 is 0 Å². The van der Waals surface area contributed by atoms with Crippen molar-refractivity contribution in [2.45, 2.75) is 5.50 Å². The highest BCUT2D eigenvalue weighted by Crippen LogP contribution is 2.12. The molecule has 0 aliphatic rings. The number of hydrogen-bond acceptors (Lipinski definition) is 4. The van der Waals surface area contributed by atoms with E-state index in [9.17, 15) is 16.8 Å². The Morgan fingerprint density at radius 1 is 1.38 bits per heavy atom. The van der Waals surface area contributed by atoms with Crippen molar-refractivity contribution in [3.05, 3.63) is 0 Å². The van der Waals surface area contributed by atoms with Crippen molar-refractivity contribution in [2.24, 2.45) is 5.14 Å². The van der Waals surface area contributed by atoms with Crippen molar-refractivity contribution >= 4 is 43.7 Å². The first-order valence-electron chi connectivity index (χ1n) is 2.61. The van der Waals surface area contributed by atoms with Gasteiger partial charge in [-0.3, -0.25) is 4.55 Å². The van der Waals surface area contributed by atoms with Crippen LogP contribution in [0.15, 0.2) is 0 Å². The first kappa shape index (κ1) is 13.4. The summed E-state index contributed by atoms with van der Waals surface area (Å²) < 4.78 is 49.6. The molecular formula is C2H6Cl2N2O5S2. The molecule has 0 saturated heterocycles. The van der Waals surface area contributed by atoms with Crippen LogP contribution in [0.5, 0.6) is 0 Å². The molecule has 11 heteroatoms. The topological polar surface area (TPSA) is 118 Å². The third kappa shape index (κ3) is 5.62. The summed E-state index contributed by atoms with van der Waals surface area (Å²) in [5.74, 6) is -1.05. The zero-order valence-electron chi connectivity index (χ0n) is 5.96. The second-order valence-corrected chi connectivity index (χ2v) is 5.96. The maximum Gasteiger partial charge on any atom is 0.291 e. The second-order valence-electron chi connectivity index (χ2n) is 1.97. The van der Waals surface area contributed by atoms with Crippen LogP contribution >= 0.6 is 23.4 Å². The summed E-state index contributed by atoms with van der Waals surface area (Å²) in [6, 6.07) is 0. The molecular weight excluding hydrogens is 267 g/mol. The first-order chi connectivity index (χ1) is 5.54. The van der Waals surface area contributed by atoms with Gasteiger partial charge in [0.15, 0.2) is 0 Å². The maximum atomic E-state index is 10.5. The van der Waals surface area contributed by atoms with Crippen LogP contribution in [0.3, 0.4) is 0 Å². The maximum absolute atomic E-state index is 10.5. The summed E-state index contributed by atoms with van der Waals surface area (Å²) in [5.41, 5.74) is -1.66. The molecule has 0 aromatic rings. The predicted octanol–water partition coefficient (Wildman–Crippen LogP) is -0.902. The second kappa shape index (κ2) is 4.26. The van der Waals surface area contributed by atoms with Gasteiger partial charge in [0, 0.05) is 0 Å². The molecule has 0 fully saturated rings. The van der Waals surface area contributed by atoms with E-state index in [4.69, 9.17) is 27.9 Å². The molecule has 0 bridgehead atoms. The Hall–Kier alpha value is 0.360. The zero-order chi connectivity index (χ0) is 10.9. The first-order valence-corrected chi connectivity index (χ1v) is 6.50. The number of halogens is 2. The van der Waals surface area contributed by atoms with Crippen molar-refractivity contribution in [3.63, 3.8) is 0 Å². The highest BCUT2D eigenvalue weighted by molar-refractivity contribution is 7.88. The molecule has 0 radical (unpaired) electrons. The minimum absolute atomic E-state index is 0.0949. The van der Waals surface area contributed by atoms with Crippen molar-refractivity contribution < 1.29 is 21.4 Å². The largest absolute Gasteiger partial charge is 0.291 e. The molecule has 3 N–H and O–H groups in total. The molecule has 13 heavy (non-hydrogen) atoms. The molecule has 0 aliphatic carbocycles. The lowest BCUT2D eigenvalue weighted by molar-refractivity contribution is 0.472. The van der Waals surface area contributed by atoms with Gasteiger partial charge in [-0.25, -0.2) is 5.14 Å². The van der Waals surface area contributed by atoms with Crippen molar-refractivity contribution in [1.29, 1.82) is 0 Å². The molecule has 0 rings (SSSR count). The van der Waals surface area contributed by atoms with Gasteiger partial charge in [-0.1, -0.05) is 3.82 Å². The molecule has 0 amide bonds. The third-order valence-electron chi connectivity index (χ3n) is 0.812. The number of hydrogen-bond donors (Lipinski definition) is 2. The summed E-state index contributed by atoms with van der Waals surface area (Å²) in [6.45, 7) is 0. The molecule has 80 valence electrons. The molecule has 7 nitrogen and oxygen atoms in total. The Morgan fingerprint density at radius 3 is 2.00 bits per heavy atom. The van der Waals surface area contributed by atoms with E-state index in [2.05, 4.69) is 5.14 Å². The average Bonchev–Trinajstić information content (AvgIpc) is 1.79. The molecule has 0 heterocycles. The van der Waals surface area contributed by atoms with Crippen LogP contribution in [0.4, 0.5) is 0 Å². The monoisotopic (exact) mass is 272 g/mol. The fraction of sp³-hybridized carbons (Fsp3) is 1.00. The Bertz CT molecular complexity index is 362. The Morgan fingerprint density at radius 2 is 1.77 bits per heavy atom. The van der Waals surface area contributed by atoms with Gasteiger partial charge in [0.05, 0.1) is 0 Å². The van der Waals surface area contributed by atoms with E-state index in [0.29, 0.717) is 0 Å². The van der Waals surface area contributed by atoms with Gasteiger partial charge in [0.25, 0.3) is 20.3 Å². The van der Waals surface area contributed by atoms with Crippen LogP contribution in [0.1, 0.15) is 0 Å². The molecule has 0 spiro atoms. The van der Waals surface area contributed by atoms with Gasteiger partial charge in [-0.15, -0.1) is 11.6 Å². The third-order valence-corrected chi connectivity index (χ3v) is 3.85. The Labute approximate surface area is 85.4 Å². The zero-order valence-corrected chi connectivity index (χ0v) is 9.11. The van der Waals surface area contributed by atoms with Crippen LogP contribution < -0.4 is 5.14 Å². The van der Waals surface area contributed by atoms with E-state index < -0.39 is 31.6 Å². The van der Waals surface area contributed by atoms with E-state index in [0.717, 1.165) is 0 Å². The van der Waals surface area contributed by atoms with E-state index in [1.54, 1.807) is 0 Å². The lowest BCUT2D eigenvalue weighted by atomic mass is 10.8. The summed E-state index contributed by atoms with van der Waals surface area (Å²) in [6.07, 6.45) is 0. The van der Waals surface area contributed by atoms with Crippen LogP contribution in [0, 0.1) is 0 Å². The highest BCUT2D eigenvalue weighted by atomic mass is 35.5. The van der Waals surface area contributed by atoms with E-state index in [1.807, 2.05) is 0 Å². The molecule has 0 aromatic carbocycles. The normalized spacial score (nSPS) is 16.1. The van der Waals surface area contributed by atoms with Gasteiger partial charge in [0.2, 0.25) is 0 Å². The summed E-state index contributed by atoms with van der Waals surface area (Å²) >= 11 is 10.2. The van der Waals surface area contributed by atoms with E-state index in [-0.39, 0.29) is 3.82 Å². The summed E-state index contributed by atoms with van der Waals surface area (Å²) in [4.78, 5) is 0. The summed E-state index contributed by atoms with van der Waals surface area (Å²) in [7, 11) is -8.69. The van der Waals surface area contributed by atoms with Crippen molar-refractivity contribution in [1.82, 2.24) is 3.82 Å². The smallest absolute Gasteiger partial charge is 0.285 e. The SMILES string of the molecule is NS(=O)(=O)N(Cl)C(Cl)CS(=O)(=O)O. The minimum Gasteiger partial charge on any atom is -0.285 e.